The Kier molecular flexibility index (Phi) is 6.69. The van der Waals surface area contributed by atoms with Crippen LogP contribution in [0.3, 0.4) is 0 Å². The van der Waals surface area contributed by atoms with Crippen LogP contribution in [0.1, 0.15) is 44.6 Å². The highest BCUT2D eigenvalue weighted by Gasteiger charge is 2.31. The molecule has 0 spiro atoms. The van der Waals surface area contributed by atoms with Crippen LogP contribution in [0.2, 0.25) is 0 Å². The molecule has 0 aliphatic rings. The quantitative estimate of drug-likeness (QED) is 0.615. The first kappa shape index (κ1) is 16.3. The molecule has 0 aliphatic carbocycles. The first-order valence-corrected chi connectivity index (χ1v) is 7.34. The molecule has 0 atom stereocenters. The summed E-state index contributed by atoms with van der Waals surface area (Å²) >= 11 is 3.11. The largest absolute Gasteiger partial charge is 0.416 e. The lowest BCUT2D eigenvalue weighted by Gasteiger charge is -2.11. The van der Waals surface area contributed by atoms with Crippen LogP contribution < -0.4 is 5.32 Å². The molecule has 0 aliphatic heterocycles. The van der Waals surface area contributed by atoms with Crippen LogP contribution in [-0.2, 0) is 6.18 Å². The van der Waals surface area contributed by atoms with E-state index in [0.29, 0.717) is 16.7 Å². The molecule has 0 fully saturated rings. The van der Waals surface area contributed by atoms with E-state index in [2.05, 4.69) is 28.2 Å². The minimum atomic E-state index is -4.30. The van der Waals surface area contributed by atoms with Crippen LogP contribution in [-0.4, -0.2) is 6.54 Å². The van der Waals surface area contributed by atoms with Crippen molar-refractivity contribution in [2.45, 2.75) is 45.2 Å². The lowest BCUT2D eigenvalue weighted by atomic mass is 10.1. The minimum absolute atomic E-state index is 0.441. The van der Waals surface area contributed by atoms with E-state index in [4.69, 9.17) is 0 Å². The fourth-order valence-corrected chi connectivity index (χ4v) is 2.31. The second kappa shape index (κ2) is 7.78. The molecular formula is C14H19BrF3N. The summed E-state index contributed by atoms with van der Waals surface area (Å²) in [6, 6.07) is 3.91. The van der Waals surface area contributed by atoms with Crippen LogP contribution in [0, 0.1) is 0 Å². The summed E-state index contributed by atoms with van der Waals surface area (Å²) in [6.45, 7) is 2.86. The maximum Gasteiger partial charge on any atom is 0.416 e. The predicted octanol–water partition coefficient (Wildman–Crippen LogP) is 5.85. The van der Waals surface area contributed by atoms with Crippen molar-refractivity contribution in [1.29, 1.82) is 0 Å². The molecule has 1 N–H and O–H groups in total. The van der Waals surface area contributed by atoms with E-state index in [0.717, 1.165) is 25.0 Å². The fraction of sp³-hybridized carbons (Fsp3) is 0.571. The highest BCUT2D eigenvalue weighted by molar-refractivity contribution is 9.10. The maximum atomic E-state index is 12.6. The molecule has 0 heterocycles. The molecule has 5 heteroatoms. The number of benzene rings is 1. The molecule has 1 aromatic rings. The van der Waals surface area contributed by atoms with Crippen molar-refractivity contribution in [2.75, 3.05) is 11.9 Å². The second-order valence-corrected chi connectivity index (χ2v) is 5.48. The van der Waals surface area contributed by atoms with E-state index in [1.807, 2.05) is 0 Å². The molecule has 0 bridgehead atoms. The van der Waals surface area contributed by atoms with Gasteiger partial charge in [-0.25, -0.2) is 0 Å². The van der Waals surface area contributed by atoms with Gasteiger partial charge in [0.25, 0.3) is 0 Å². The molecule has 0 aromatic heterocycles. The Bertz CT molecular complexity index is 391. The van der Waals surface area contributed by atoms with Gasteiger partial charge in [0.1, 0.15) is 0 Å². The SMILES string of the molecule is CCCCCCCNc1cc(Br)cc(C(F)(F)F)c1. The van der Waals surface area contributed by atoms with Gasteiger partial charge in [0.15, 0.2) is 0 Å². The van der Waals surface area contributed by atoms with Crippen LogP contribution in [0.15, 0.2) is 22.7 Å². The Labute approximate surface area is 120 Å². The molecule has 0 unspecified atom stereocenters. The predicted molar refractivity (Wildman–Crippen MR) is 76.4 cm³/mol. The van der Waals surface area contributed by atoms with Crippen LogP contribution in [0.25, 0.3) is 0 Å². The zero-order chi connectivity index (χ0) is 14.3. The number of unbranched alkanes of at least 4 members (excludes halogenated alkanes) is 4. The van der Waals surface area contributed by atoms with Crippen molar-refractivity contribution in [1.82, 2.24) is 0 Å². The van der Waals surface area contributed by atoms with Gasteiger partial charge in [-0.3, -0.25) is 0 Å². The smallest absolute Gasteiger partial charge is 0.385 e. The van der Waals surface area contributed by atoms with Crippen molar-refractivity contribution in [3.05, 3.63) is 28.2 Å². The normalized spacial score (nSPS) is 11.6. The van der Waals surface area contributed by atoms with Crippen LogP contribution >= 0.6 is 15.9 Å². The monoisotopic (exact) mass is 337 g/mol. The van der Waals surface area contributed by atoms with Crippen molar-refractivity contribution >= 4 is 21.6 Å². The number of hydrogen-bond donors (Lipinski definition) is 1. The molecule has 0 radical (unpaired) electrons. The Morgan fingerprint density at radius 1 is 1.05 bits per heavy atom. The molecule has 0 amide bonds. The summed E-state index contributed by atoms with van der Waals surface area (Å²) in [6.07, 6.45) is 1.38. The third kappa shape index (κ3) is 6.32. The summed E-state index contributed by atoms with van der Waals surface area (Å²) in [5.74, 6) is 0. The average molecular weight is 338 g/mol. The highest BCUT2D eigenvalue weighted by atomic mass is 79.9. The fourth-order valence-electron chi connectivity index (χ4n) is 1.82. The summed E-state index contributed by atoms with van der Waals surface area (Å²) in [4.78, 5) is 0. The topological polar surface area (TPSA) is 12.0 Å². The number of halogens is 4. The number of nitrogens with one attached hydrogen (secondary N) is 1. The van der Waals surface area contributed by atoms with Gasteiger partial charge >= 0.3 is 6.18 Å². The van der Waals surface area contributed by atoms with E-state index in [1.165, 1.54) is 19.3 Å². The lowest BCUT2D eigenvalue weighted by Crippen LogP contribution is -2.07. The van der Waals surface area contributed by atoms with Gasteiger partial charge in [-0.1, -0.05) is 48.5 Å². The minimum Gasteiger partial charge on any atom is -0.385 e. The van der Waals surface area contributed by atoms with Crippen LogP contribution in [0.5, 0.6) is 0 Å². The average Bonchev–Trinajstić information content (AvgIpc) is 2.32. The van der Waals surface area contributed by atoms with E-state index in [-0.39, 0.29) is 0 Å². The van der Waals surface area contributed by atoms with Gasteiger partial charge in [-0.2, -0.15) is 13.2 Å². The Hall–Kier alpha value is -0.710. The van der Waals surface area contributed by atoms with E-state index in [9.17, 15) is 13.2 Å². The van der Waals surface area contributed by atoms with Crippen molar-refractivity contribution in [2.24, 2.45) is 0 Å². The molecule has 1 aromatic carbocycles. The Balaban J connectivity index is 2.48. The van der Waals surface area contributed by atoms with Gasteiger partial charge < -0.3 is 5.32 Å². The van der Waals surface area contributed by atoms with Gasteiger partial charge in [0.2, 0.25) is 0 Å². The number of hydrogen-bond acceptors (Lipinski definition) is 1. The van der Waals surface area contributed by atoms with E-state index < -0.39 is 11.7 Å². The Morgan fingerprint density at radius 2 is 1.74 bits per heavy atom. The van der Waals surface area contributed by atoms with Crippen molar-refractivity contribution < 1.29 is 13.2 Å². The van der Waals surface area contributed by atoms with E-state index >= 15 is 0 Å². The molecular weight excluding hydrogens is 319 g/mol. The molecule has 1 nitrogen and oxygen atoms in total. The van der Waals surface area contributed by atoms with Gasteiger partial charge in [-0.15, -0.1) is 0 Å². The van der Waals surface area contributed by atoms with Gasteiger partial charge in [-0.05, 0) is 24.6 Å². The van der Waals surface area contributed by atoms with Crippen LogP contribution in [0.4, 0.5) is 18.9 Å². The molecule has 0 saturated heterocycles. The highest BCUT2D eigenvalue weighted by Crippen LogP contribution is 2.33. The Morgan fingerprint density at radius 3 is 2.37 bits per heavy atom. The van der Waals surface area contributed by atoms with Crippen molar-refractivity contribution in [3.8, 4) is 0 Å². The molecule has 0 saturated carbocycles. The van der Waals surface area contributed by atoms with Gasteiger partial charge in [0.05, 0.1) is 5.56 Å². The summed E-state index contributed by atoms with van der Waals surface area (Å²) < 4.78 is 38.3. The first-order chi connectivity index (χ1) is 8.93. The molecule has 108 valence electrons. The third-order valence-electron chi connectivity index (χ3n) is 2.83. The zero-order valence-corrected chi connectivity index (χ0v) is 12.6. The summed E-state index contributed by atoms with van der Waals surface area (Å²) in [5, 5.41) is 3.04. The van der Waals surface area contributed by atoms with E-state index in [1.54, 1.807) is 6.07 Å². The molecule has 1 rings (SSSR count). The zero-order valence-electron chi connectivity index (χ0n) is 11.0. The number of alkyl halides is 3. The van der Waals surface area contributed by atoms with Gasteiger partial charge in [0, 0.05) is 16.7 Å². The summed E-state index contributed by atoms with van der Waals surface area (Å²) in [7, 11) is 0. The summed E-state index contributed by atoms with van der Waals surface area (Å²) in [5.41, 5.74) is -0.118. The number of anilines is 1. The standard InChI is InChI=1S/C14H19BrF3N/c1-2-3-4-5-6-7-19-13-9-11(14(16,17)18)8-12(15)10-13/h8-10,19H,2-7H2,1H3. The lowest BCUT2D eigenvalue weighted by molar-refractivity contribution is -0.137. The third-order valence-corrected chi connectivity index (χ3v) is 3.29. The van der Waals surface area contributed by atoms with Crippen molar-refractivity contribution in [3.63, 3.8) is 0 Å². The first-order valence-electron chi connectivity index (χ1n) is 6.55. The second-order valence-electron chi connectivity index (χ2n) is 4.57. The number of rotatable bonds is 7. The molecule has 19 heavy (non-hydrogen) atoms. The maximum absolute atomic E-state index is 12.6.